The number of piperidine rings is 2. The van der Waals surface area contributed by atoms with Crippen molar-refractivity contribution in [3.63, 3.8) is 0 Å². The summed E-state index contributed by atoms with van der Waals surface area (Å²) in [4.78, 5) is 4.92. The Hall–Kier alpha value is -2.80. The number of hydrogen-bond acceptors (Lipinski definition) is 5. The summed E-state index contributed by atoms with van der Waals surface area (Å²) in [6.45, 7) is 8.84. The van der Waals surface area contributed by atoms with Crippen molar-refractivity contribution in [2.75, 3.05) is 42.9 Å². The van der Waals surface area contributed by atoms with Gasteiger partial charge >= 0.3 is 0 Å². The van der Waals surface area contributed by atoms with E-state index in [0.717, 1.165) is 74.4 Å². The molecule has 2 aromatic carbocycles. The third-order valence-corrected chi connectivity index (χ3v) is 9.99. The Morgan fingerprint density at radius 1 is 0.833 bits per heavy atom. The number of aromatic nitrogens is 2. The molecule has 0 saturated carbocycles. The van der Waals surface area contributed by atoms with Gasteiger partial charge in [0.1, 0.15) is 0 Å². The van der Waals surface area contributed by atoms with Gasteiger partial charge in [0.15, 0.2) is 5.82 Å². The van der Waals surface area contributed by atoms with Crippen LogP contribution < -0.4 is 10.2 Å². The van der Waals surface area contributed by atoms with Crippen LogP contribution in [0.4, 0.5) is 20.3 Å². The summed E-state index contributed by atoms with van der Waals surface area (Å²) < 4.78 is 31.7. The molecule has 1 aromatic heterocycles. The van der Waals surface area contributed by atoms with Crippen LogP contribution in [0.25, 0.3) is 10.8 Å². The second kappa shape index (κ2) is 12.8. The first-order valence-electron chi connectivity index (χ1n) is 16.4. The number of anilines is 2. The van der Waals surface area contributed by atoms with E-state index < -0.39 is 11.8 Å². The molecule has 0 amide bonds. The Balaban J connectivity index is 1.38. The van der Waals surface area contributed by atoms with Crippen LogP contribution in [0.3, 0.4) is 0 Å². The zero-order chi connectivity index (χ0) is 29.1. The van der Waals surface area contributed by atoms with E-state index in [9.17, 15) is 0 Å². The van der Waals surface area contributed by atoms with Gasteiger partial charge in [-0.3, -0.25) is 0 Å². The summed E-state index contributed by atoms with van der Waals surface area (Å²) in [5.41, 5.74) is 4.55. The number of benzene rings is 2. The third-order valence-electron chi connectivity index (χ3n) is 9.99. The largest absolute Gasteiger partial charge is 0.372 e. The molecule has 3 aromatic rings. The molecular weight excluding hydrogens is 528 g/mol. The van der Waals surface area contributed by atoms with Crippen LogP contribution in [0.15, 0.2) is 36.4 Å². The van der Waals surface area contributed by atoms with Gasteiger partial charge in [-0.05, 0) is 114 Å². The van der Waals surface area contributed by atoms with Gasteiger partial charge in [-0.1, -0.05) is 37.5 Å². The molecule has 5 nitrogen and oxygen atoms in total. The van der Waals surface area contributed by atoms with Crippen molar-refractivity contribution in [1.82, 2.24) is 15.1 Å². The molecular formula is C35H47F2N5. The van der Waals surface area contributed by atoms with Gasteiger partial charge in [0.2, 0.25) is 0 Å². The Morgan fingerprint density at radius 3 is 2.36 bits per heavy atom. The summed E-state index contributed by atoms with van der Waals surface area (Å²) in [6.07, 6.45) is 11.8. The quantitative estimate of drug-likeness (QED) is 0.316. The molecule has 42 heavy (non-hydrogen) atoms. The molecule has 1 unspecified atom stereocenters. The SMILES string of the molecule is Cc1nnc2c3cc(N4CCCCC4)cc(c13)CCCCCCCN1CCC(CC1)C(F)(F)c1cccc(c1)C(C)N2. The van der Waals surface area contributed by atoms with Crippen LogP contribution in [-0.4, -0.2) is 47.8 Å². The summed E-state index contributed by atoms with van der Waals surface area (Å²) in [6, 6.07) is 11.5. The van der Waals surface area contributed by atoms with Crippen LogP contribution in [0, 0.1) is 12.8 Å². The van der Waals surface area contributed by atoms with Crippen LogP contribution in [0.1, 0.15) is 99.6 Å². The number of nitrogens with one attached hydrogen (secondary N) is 1. The van der Waals surface area contributed by atoms with Gasteiger partial charge in [0, 0.05) is 41.0 Å². The number of aryl methyl sites for hydroxylation is 2. The Kier molecular flexibility index (Phi) is 8.94. The van der Waals surface area contributed by atoms with Gasteiger partial charge < -0.3 is 15.1 Å². The fourth-order valence-electron chi connectivity index (χ4n) is 7.41. The van der Waals surface area contributed by atoms with E-state index >= 15 is 8.78 Å². The number of rotatable bonds is 1. The number of hydrogen-bond donors (Lipinski definition) is 1. The van der Waals surface area contributed by atoms with E-state index in [1.165, 1.54) is 55.2 Å². The standard InChI is InChI=1S/C35H47F2N5/c1-25-27-13-11-14-30(22-27)35(36,37)29-15-20-41(21-16-29)17-8-5-3-4-7-12-28-23-31(42-18-9-6-10-19-42)24-32-33(28)26(2)39-40-34(32)38-25/h11,13-14,22-25,29H,3-10,12,15-21H2,1-2H3,(H,38,40). The molecule has 0 radical (unpaired) electrons. The van der Waals surface area contributed by atoms with Crippen molar-refractivity contribution >= 4 is 22.3 Å². The monoisotopic (exact) mass is 575 g/mol. The van der Waals surface area contributed by atoms with E-state index in [0.29, 0.717) is 12.8 Å². The second-order valence-electron chi connectivity index (χ2n) is 13.0. The van der Waals surface area contributed by atoms with Crippen molar-refractivity contribution in [3.8, 4) is 0 Å². The lowest BCUT2D eigenvalue weighted by molar-refractivity contribution is -0.0855. The highest BCUT2D eigenvalue weighted by Gasteiger charge is 2.42. The molecule has 0 aliphatic carbocycles. The van der Waals surface area contributed by atoms with Crippen molar-refractivity contribution < 1.29 is 8.78 Å². The number of halogens is 2. The third kappa shape index (κ3) is 6.27. The first-order valence-corrected chi connectivity index (χ1v) is 16.4. The van der Waals surface area contributed by atoms with Crippen LogP contribution in [0.2, 0.25) is 0 Å². The maximum absolute atomic E-state index is 15.9. The lowest BCUT2D eigenvalue weighted by Gasteiger charge is -2.36. The molecule has 2 fully saturated rings. The minimum Gasteiger partial charge on any atom is -0.372 e. The molecule has 1 atom stereocenters. The van der Waals surface area contributed by atoms with Gasteiger partial charge in [-0.25, -0.2) is 8.78 Å². The van der Waals surface area contributed by atoms with Gasteiger partial charge in [0.05, 0.1) is 11.7 Å². The fraction of sp³-hybridized carbons (Fsp3) is 0.600. The molecule has 0 spiro atoms. The fourth-order valence-corrected chi connectivity index (χ4v) is 7.41. The van der Waals surface area contributed by atoms with E-state index in [4.69, 9.17) is 0 Å². The van der Waals surface area contributed by atoms with Gasteiger partial charge in [0.25, 0.3) is 5.92 Å². The van der Waals surface area contributed by atoms with Crippen molar-refractivity contribution in [3.05, 3.63) is 58.8 Å². The van der Waals surface area contributed by atoms with Crippen molar-refractivity contribution in [2.24, 2.45) is 5.92 Å². The lowest BCUT2D eigenvalue weighted by atomic mass is 9.85. The second-order valence-corrected chi connectivity index (χ2v) is 13.0. The van der Waals surface area contributed by atoms with E-state index in [-0.39, 0.29) is 11.6 Å². The molecule has 5 heterocycles. The zero-order valence-corrected chi connectivity index (χ0v) is 25.5. The van der Waals surface area contributed by atoms with E-state index in [2.05, 4.69) is 44.4 Å². The Bertz CT molecular complexity index is 1360. The number of alkyl halides is 2. The molecule has 1 N–H and O–H groups in total. The molecule has 7 heteroatoms. The maximum atomic E-state index is 15.9. The zero-order valence-electron chi connectivity index (χ0n) is 25.5. The van der Waals surface area contributed by atoms with E-state index in [1.807, 2.05) is 13.0 Å². The minimum atomic E-state index is -2.84. The highest BCUT2D eigenvalue weighted by molar-refractivity contribution is 5.98. The minimum absolute atomic E-state index is 0.132. The first kappa shape index (κ1) is 29.3. The van der Waals surface area contributed by atoms with Crippen molar-refractivity contribution in [2.45, 2.75) is 96.4 Å². The first-order chi connectivity index (χ1) is 20.4. The molecule has 4 aliphatic rings. The molecule has 2 saturated heterocycles. The number of fused-ring (bicyclic) bond motifs is 9. The lowest BCUT2D eigenvalue weighted by Crippen LogP contribution is -2.40. The maximum Gasteiger partial charge on any atom is 0.276 e. The molecule has 7 rings (SSSR count). The van der Waals surface area contributed by atoms with Gasteiger partial charge in [-0.2, -0.15) is 5.10 Å². The predicted molar refractivity (Wildman–Crippen MR) is 169 cm³/mol. The van der Waals surface area contributed by atoms with Crippen LogP contribution >= 0.6 is 0 Å². The summed E-state index contributed by atoms with van der Waals surface area (Å²) in [5.74, 6) is -2.71. The summed E-state index contributed by atoms with van der Waals surface area (Å²) in [7, 11) is 0. The Morgan fingerprint density at radius 2 is 1.55 bits per heavy atom. The van der Waals surface area contributed by atoms with Gasteiger partial charge in [-0.15, -0.1) is 5.10 Å². The normalized spacial score (nSPS) is 25.6. The number of nitrogens with zero attached hydrogens (tertiary/aromatic N) is 4. The van der Waals surface area contributed by atoms with Crippen molar-refractivity contribution in [1.29, 1.82) is 0 Å². The Labute approximate surface area is 250 Å². The van der Waals surface area contributed by atoms with Crippen LogP contribution in [-0.2, 0) is 12.3 Å². The molecule has 8 bridgehead atoms. The average Bonchev–Trinajstić information content (AvgIpc) is 3.02. The summed E-state index contributed by atoms with van der Waals surface area (Å²) in [5, 5.41) is 15.1. The average molecular weight is 576 g/mol. The van der Waals surface area contributed by atoms with Crippen LogP contribution in [0.5, 0.6) is 0 Å². The smallest absolute Gasteiger partial charge is 0.276 e. The molecule has 226 valence electrons. The molecule has 4 aliphatic heterocycles. The highest BCUT2D eigenvalue weighted by atomic mass is 19.3. The predicted octanol–water partition coefficient (Wildman–Crippen LogP) is 8.41. The van der Waals surface area contributed by atoms with E-state index in [1.54, 1.807) is 18.2 Å². The highest BCUT2D eigenvalue weighted by Crippen LogP contribution is 2.42. The summed E-state index contributed by atoms with van der Waals surface area (Å²) >= 11 is 0. The topological polar surface area (TPSA) is 44.3 Å².